The smallest absolute Gasteiger partial charge is 0.217 e. The second kappa shape index (κ2) is 6.87. The van der Waals surface area contributed by atoms with Crippen molar-refractivity contribution in [3.8, 4) is 0 Å². The van der Waals surface area contributed by atoms with Gasteiger partial charge < -0.3 is 10.7 Å². The Hall–Kier alpha value is -2.36. The minimum atomic E-state index is -0.0804. The monoisotopic (exact) mass is 369 g/mol. The van der Waals surface area contributed by atoms with Gasteiger partial charge in [0.25, 0.3) is 0 Å². The summed E-state index contributed by atoms with van der Waals surface area (Å²) in [7, 11) is 1.87. The Morgan fingerprint density at radius 2 is 2.24 bits per heavy atom. The summed E-state index contributed by atoms with van der Waals surface area (Å²) < 4.78 is 2.88. The molecule has 0 bridgehead atoms. The molecule has 1 unspecified atom stereocenters. The molecule has 4 aromatic rings. The van der Waals surface area contributed by atoms with Crippen LogP contribution < -0.4 is 5.32 Å². The van der Waals surface area contributed by atoms with Gasteiger partial charge in [-0.3, -0.25) is 0 Å². The molecule has 25 heavy (non-hydrogen) atoms. The molecule has 0 aliphatic heterocycles. The van der Waals surface area contributed by atoms with Crippen LogP contribution in [0.25, 0.3) is 15.9 Å². The molecule has 0 amide bonds. The normalized spacial score (nSPS) is 12.7. The fraction of sp³-hybridized carbons (Fsp3) is 0.188. The SMILES string of the molecule is CNCC(C=N)c1ccc2nnc(Sc3ccc4ncsc4c3)n2n1. The fourth-order valence-corrected chi connectivity index (χ4v) is 4.13. The number of hydrogen-bond acceptors (Lipinski definition) is 8. The Morgan fingerprint density at radius 3 is 3.08 bits per heavy atom. The van der Waals surface area contributed by atoms with E-state index in [-0.39, 0.29) is 5.92 Å². The Kier molecular flexibility index (Phi) is 4.43. The van der Waals surface area contributed by atoms with Crippen molar-refractivity contribution in [2.75, 3.05) is 13.6 Å². The molecule has 0 saturated carbocycles. The molecule has 0 fully saturated rings. The van der Waals surface area contributed by atoms with Crippen LogP contribution in [0.2, 0.25) is 0 Å². The predicted molar refractivity (Wildman–Crippen MR) is 100.0 cm³/mol. The number of likely N-dealkylation sites (N-methyl/N-ethyl adjacent to an activating group) is 1. The number of benzene rings is 1. The van der Waals surface area contributed by atoms with Crippen LogP contribution >= 0.6 is 23.1 Å². The number of nitrogens with zero attached hydrogens (tertiary/aromatic N) is 5. The third-order valence-corrected chi connectivity index (χ3v) is 5.49. The number of nitrogens with one attached hydrogen (secondary N) is 2. The molecule has 0 aliphatic carbocycles. The molecule has 0 radical (unpaired) electrons. The zero-order chi connectivity index (χ0) is 17.2. The second-order valence-corrected chi connectivity index (χ2v) is 7.35. The van der Waals surface area contributed by atoms with E-state index in [1.54, 1.807) is 15.9 Å². The molecule has 0 aliphatic rings. The van der Waals surface area contributed by atoms with E-state index in [0.29, 0.717) is 17.3 Å². The number of aromatic nitrogens is 5. The van der Waals surface area contributed by atoms with Gasteiger partial charge in [-0.1, -0.05) is 0 Å². The Bertz CT molecular complexity index is 1040. The molecule has 3 aromatic heterocycles. The van der Waals surface area contributed by atoms with Crippen LogP contribution in [0.3, 0.4) is 0 Å². The summed E-state index contributed by atoms with van der Waals surface area (Å²) in [5, 5.41) is 24.5. The first-order valence-corrected chi connectivity index (χ1v) is 9.37. The maximum atomic E-state index is 7.61. The average molecular weight is 369 g/mol. The lowest BCUT2D eigenvalue weighted by atomic mass is 10.1. The summed E-state index contributed by atoms with van der Waals surface area (Å²) in [5.41, 5.74) is 4.36. The number of rotatable bonds is 6. The maximum Gasteiger partial charge on any atom is 0.217 e. The van der Waals surface area contributed by atoms with Gasteiger partial charge in [0.2, 0.25) is 5.16 Å². The van der Waals surface area contributed by atoms with Crippen molar-refractivity contribution >= 4 is 45.2 Å². The lowest BCUT2D eigenvalue weighted by Crippen LogP contribution is -2.19. The summed E-state index contributed by atoms with van der Waals surface area (Å²) in [6.07, 6.45) is 1.40. The van der Waals surface area contributed by atoms with Crippen LogP contribution in [0.15, 0.2) is 45.9 Å². The van der Waals surface area contributed by atoms with E-state index in [1.807, 2.05) is 36.8 Å². The van der Waals surface area contributed by atoms with E-state index in [4.69, 9.17) is 5.41 Å². The molecule has 3 heterocycles. The lowest BCUT2D eigenvalue weighted by Gasteiger charge is -2.10. The van der Waals surface area contributed by atoms with Crippen LogP contribution in [-0.4, -0.2) is 44.6 Å². The lowest BCUT2D eigenvalue weighted by molar-refractivity contribution is 0.700. The first-order valence-electron chi connectivity index (χ1n) is 7.67. The third kappa shape index (κ3) is 3.13. The second-order valence-electron chi connectivity index (χ2n) is 5.43. The van der Waals surface area contributed by atoms with Crippen LogP contribution in [-0.2, 0) is 0 Å². The van der Waals surface area contributed by atoms with Gasteiger partial charge in [-0.25, -0.2) is 4.98 Å². The first kappa shape index (κ1) is 16.1. The topological polar surface area (TPSA) is 91.9 Å². The van der Waals surface area contributed by atoms with Crippen molar-refractivity contribution < 1.29 is 0 Å². The van der Waals surface area contributed by atoms with E-state index in [0.717, 1.165) is 20.8 Å². The quantitative estimate of drug-likeness (QED) is 0.508. The molecule has 126 valence electrons. The molecule has 1 atom stereocenters. The highest BCUT2D eigenvalue weighted by Gasteiger charge is 2.14. The van der Waals surface area contributed by atoms with Crippen molar-refractivity contribution in [1.29, 1.82) is 5.41 Å². The van der Waals surface area contributed by atoms with Gasteiger partial charge in [-0.2, -0.15) is 9.61 Å². The molecule has 0 spiro atoms. The van der Waals surface area contributed by atoms with Crippen LogP contribution in [0.5, 0.6) is 0 Å². The summed E-state index contributed by atoms with van der Waals surface area (Å²) in [6.45, 7) is 0.661. The summed E-state index contributed by atoms with van der Waals surface area (Å²) in [6, 6.07) is 9.92. The minimum absolute atomic E-state index is 0.0804. The average Bonchev–Trinajstić information content (AvgIpc) is 3.26. The Morgan fingerprint density at radius 1 is 1.32 bits per heavy atom. The van der Waals surface area contributed by atoms with Crippen molar-refractivity contribution in [3.05, 3.63) is 41.5 Å². The van der Waals surface area contributed by atoms with Crippen LogP contribution in [0.1, 0.15) is 11.6 Å². The van der Waals surface area contributed by atoms with Gasteiger partial charge >= 0.3 is 0 Å². The van der Waals surface area contributed by atoms with Crippen LogP contribution in [0.4, 0.5) is 0 Å². The molecule has 7 nitrogen and oxygen atoms in total. The molecular formula is C16H15N7S2. The largest absolute Gasteiger partial charge is 0.319 e. The summed E-state index contributed by atoms with van der Waals surface area (Å²) in [5.74, 6) is -0.0804. The summed E-state index contributed by atoms with van der Waals surface area (Å²) in [4.78, 5) is 5.37. The van der Waals surface area contributed by atoms with E-state index in [9.17, 15) is 0 Å². The predicted octanol–water partition coefficient (Wildman–Crippen LogP) is 2.84. The molecular weight excluding hydrogens is 354 g/mol. The maximum absolute atomic E-state index is 7.61. The molecule has 0 saturated heterocycles. The molecule has 4 rings (SSSR count). The van der Waals surface area contributed by atoms with Gasteiger partial charge in [0, 0.05) is 17.7 Å². The highest BCUT2D eigenvalue weighted by molar-refractivity contribution is 7.99. The zero-order valence-corrected chi connectivity index (χ0v) is 15.0. The third-order valence-electron chi connectivity index (χ3n) is 3.77. The standard InChI is InChI=1S/C16H15N7S2/c1-18-8-10(7-17)12-4-5-15-20-21-16(23(15)22-12)25-11-2-3-13-14(6-11)24-9-19-13/h2-7,9-10,17-18H,8H2,1H3. The van der Waals surface area contributed by atoms with Crippen molar-refractivity contribution in [1.82, 2.24) is 30.1 Å². The van der Waals surface area contributed by atoms with Gasteiger partial charge in [0.05, 0.1) is 27.3 Å². The zero-order valence-electron chi connectivity index (χ0n) is 13.4. The highest BCUT2D eigenvalue weighted by Crippen LogP contribution is 2.30. The van der Waals surface area contributed by atoms with E-state index < -0.39 is 0 Å². The number of hydrogen-bond donors (Lipinski definition) is 2. The van der Waals surface area contributed by atoms with E-state index >= 15 is 0 Å². The number of thiazole rings is 1. The Balaban J connectivity index is 1.70. The van der Waals surface area contributed by atoms with Crippen molar-refractivity contribution in [2.24, 2.45) is 0 Å². The van der Waals surface area contributed by atoms with E-state index in [1.165, 1.54) is 18.0 Å². The van der Waals surface area contributed by atoms with E-state index in [2.05, 4.69) is 31.7 Å². The summed E-state index contributed by atoms with van der Waals surface area (Å²) >= 11 is 3.13. The molecule has 1 aromatic carbocycles. The van der Waals surface area contributed by atoms with Gasteiger partial charge in [-0.05, 0) is 49.1 Å². The fourth-order valence-electron chi connectivity index (χ4n) is 2.52. The van der Waals surface area contributed by atoms with Gasteiger partial charge in [-0.15, -0.1) is 21.5 Å². The minimum Gasteiger partial charge on any atom is -0.319 e. The van der Waals surface area contributed by atoms with Crippen molar-refractivity contribution in [3.63, 3.8) is 0 Å². The van der Waals surface area contributed by atoms with Gasteiger partial charge in [0.15, 0.2) is 5.65 Å². The number of fused-ring (bicyclic) bond motifs is 2. The molecule has 9 heteroatoms. The van der Waals surface area contributed by atoms with Crippen LogP contribution in [0, 0.1) is 5.41 Å². The van der Waals surface area contributed by atoms with Crippen molar-refractivity contribution in [2.45, 2.75) is 16.0 Å². The molecule has 2 N–H and O–H groups in total. The van der Waals surface area contributed by atoms with Gasteiger partial charge in [0.1, 0.15) is 0 Å². The first-order chi connectivity index (χ1) is 12.3. The Labute approximate surface area is 152 Å². The highest BCUT2D eigenvalue weighted by atomic mass is 32.2.